The summed E-state index contributed by atoms with van der Waals surface area (Å²) in [6.07, 6.45) is 6.36. The number of rotatable bonds is 3. The first-order valence-corrected chi connectivity index (χ1v) is 8.37. The van der Waals surface area contributed by atoms with E-state index < -0.39 is 0 Å². The maximum Gasteiger partial charge on any atom is 0.261 e. The third kappa shape index (κ3) is 2.81. The van der Waals surface area contributed by atoms with Gasteiger partial charge in [-0.25, -0.2) is 9.50 Å². The van der Waals surface area contributed by atoms with Gasteiger partial charge in [0.05, 0.1) is 28.8 Å². The van der Waals surface area contributed by atoms with Crippen molar-refractivity contribution >= 4 is 40.4 Å². The zero-order valence-electron chi connectivity index (χ0n) is 13.5. The van der Waals surface area contributed by atoms with Crippen molar-refractivity contribution in [1.82, 2.24) is 24.4 Å². The number of carbonyl (C=O) groups is 1. The highest BCUT2D eigenvalue weighted by Gasteiger charge is 2.19. The number of carbonyl (C=O) groups excluding carboxylic acids is 1. The summed E-state index contributed by atoms with van der Waals surface area (Å²) in [4.78, 5) is 16.9. The standard InChI is InChI=1S/C17H12Cl2N6O/c1-24-15(11-7-10(18)3-4-13(11)19)14(9-21-24)23-17(26)12-8-22-25-6-2-5-20-16(12)25/h2-9H,1H3,(H,23,26). The quantitative estimate of drug-likeness (QED) is 0.582. The second-order valence-electron chi connectivity index (χ2n) is 5.55. The summed E-state index contributed by atoms with van der Waals surface area (Å²) < 4.78 is 3.16. The van der Waals surface area contributed by atoms with E-state index >= 15 is 0 Å². The second kappa shape index (κ2) is 6.44. The fourth-order valence-electron chi connectivity index (χ4n) is 2.70. The van der Waals surface area contributed by atoms with Crippen LogP contribution in [0.3, 0.4) is 0 Å². The van der Waals surface area contributed by atoms with Crippen LogP contribution in [0.15, 0.2) is 49.1 Å². The molecule has 1 amide bonds. The normalized spacial score (nSPS) is 11.0. The van der Waals surface area contributed by atoms with E-state index in [-0.39, 0.29) is 5.91 Å². The molecule has 0 aliphatic rings. The number of nitrogens with zero attached hydrogens (tertiary/aromatic N) is 5. The Bertz CT molecular complexity index is 1130. The molecule has 4 aromatic rings. The number of aromatic nitrogens is 5. The van der Waals surface area contributed by atoms with E-state index in [0.717, 1.165) is 0 Å². The van der Waals surface area contributed by atoms with Gasteiger partial charge in [0.25, 0.3) is 5.91 Å². The van der Waals surface area contributed by atoms with Crippen LogP contribution in [0.5, 0.6) is 0 Å². The van der Waals surface area contributed by atoms with Gasteiger partial charge in [0.15, 0.2) is 5.65 Å². The lowest BCUT2D eigenvalue weighted by molar-refractivity contribution is 0.102. The van der Waals surface area contributed by atoms with E-state index in [4.69, 9.17) is 23.2 Å². The van der Waals surface area contributed by atoms with Crippen molar-refractivity contribution in [2.75, 3.05) is 5.32 Å². The Morgan fingerprint density at radius 1 is 1.19 bits per heavy atom. The van der Waals surface area contributed by atoms with Crippen LogP contribution < -0.4 is 5.32 Å². The molecule has 0 fully saturated rings. The molecule has 130 valence electrons. The number of aryl methyl sites for hydroxylation is 1. The molecule has 26 heavy (non-hydrogen) atoms. The lowest BCUT2D eigenvalue weighted by Crippen LogP contribution is -2.12. The van der Waals surface area contributed by atoms with E-state index in [1.165, 1.54) is 10.7 Å². The van der Waals surface area contributed by atoms with Crippen molar-refractivity contribution in [2.24, 2.45) is 7.05 Å². The Morgan fingerprint density at radius 2 is 2.04 bits per heavy atom. The van der Waals surface area contributed by atoms with E-state index in [1.54, 1.807) is 54.6 Å². The van der Waals surface area contributed by atoms with Gasteiger partial charge in [-0.15, -0.1) is 0 Å². The number of nitrogens with one attached hydrogen (secondary N) is 1. The number of anilines is 1. The van der Waals surface area contributed by atoms with Crippen LogP contribution in [0.25, 0.3) is 16.9 Å². The van der Waals surface area contributed by atoms with Crippen molar-refractivity contribution in [1.29, 1.82) is 0 Å². The summed E-state index contributed by atoms with van der Waals surface area (Å²) in [6, 6.07) is 6.87. The summed E-state index contributed by atoms with van der Waals surface area (Å²) >= 11 is 12.4. The summed E-state index contributed by atoms with van der Waals surface area (Å²) in [7, 11) is 1.76. The highest BCUT2D eigenvalue weighted by Crippen LogP contribution is 2.35. The Labute approximate surface area is 158 Å². The van der Waals surface area contributed by atoms with Crippen LogP contribution in [0.1, 0.15) is 10.4 Å². The zero-order chi connectivity index (χ0) is 18.3. The molecule has 0 bridgehead atoms. The number of hydrogen-bond acceptors (Lipinski definition) is 4. The Kier molecular flexibility index (Phi) is 4.10. The smallest absolute Gasteiger partial charge is 0.261 e. The molecule has 0 spiro atoms. The third-order valence-electron chi connectivity index (χ3n) is 3.89. The van der Waals surface area contributed by atoms with Crippen LogP contribution in [0, 0.1) is 0 Å². The summed E-state index contributed by atoms with van der Waals surface area (Å²) in [6.45, 7) is 0. The van der Waals surface area contributed by atoms with Gasteiger partial charge in [-0.3, -0.25) is 9.48 Å². The number of halogens is 2. The first-order chi connectivity index (χ1) is 12.5. The first-order valence-electron chi connectivity index (χ1n) is 7.61. The molecule has 0 saturated heterocycles. The van der Waals surface area contributed by atoms with Crippen LogP contribution in [0.4, 0.5) is 5.69 Å². The topological polar surface area (TPSA) is 77.1 Å². The molecule has 7 nitrogen and oxygen atoms in total. The highest BCUT2D eigenvalue weighted by atomic mass is 35.5. The molecule has 1 N–H and O–H groups in total. The van der Waals surface area contributed by atoms with Gasteiger partial charge in [0, 0.05) is 30.0 Å². The average molecular weight is 387 g/mol. The largest absolute Gasteiger partial charge is 0.319 e. The highest BCUT2D eigenvalue weighted by molar-refractivity contribution is 6.35. The predicted octanol–water partition coefficient (Wildman–Crippen LogP) is 3.69. The lowest BCUT2D eigenvalue weighted by atomic mass is 10.1. The maximum atomic E-state index is 12.7. The van der Waals surface area contributed by atoms with Crippen molar-refractivity contribution in [3.8, 4) is 11.3 Å². The van der Waals surface area contributed by atoms with Gasteiger partial charge in [-0.2, -0.15) is 10.2 Å². The molecule has 0 aliphatic heterocycles. The van der Waals surface area contributed by atoms with Crippen LogP contribution >= 0.6 is 23.2 Å². The molecule has 0 atom stereocenters. The van der Waals surface area contributed by atoms with Gasteiger partial charge in [-0.1, -0.05) is 23.2 Å². The number of fused-ring (bicyclic) bond motifs is 1. The fraction of sp³-hybridized carbons (Fsp3) is 0.0588. The second-order valence-corrected chi connectivity index (χ2v) is 6.40. The molecule has 3 heterocycles. The molecular weight excluding hydrogens is 375 g/mol. The molecule has 0 unspecified atom stereocenters. The number of benzene rings is 1. The van der Waals surface area contributed by atoms with E-state index in [2.05, 4.69) is 20.5 Å². The minimum absolute atomic E-state index is 0.342. The molecule has 1 aromatic carbocycles. The monoisotopic (exact) mass is 386 g/mol. The van der Waals surface area contributed by atoms with E-state index in [9.17, 15) is 4.79 Å². The fourth-order valence-corrected chi connectivity index (χ4v) is 3.08. The molecule has 4 rings (SSSR count). The SMILES string of the molecule is Cn1ncc(NC(=O)c2cnn3cccnc23)c1-c1cc(Cl)ccc1Cl. The van der Waals surface area contributed by atoms with Gasteiger partial charge >= 0.3 is 0 Å². The van der Waals surface area contributed by atoms with Gasteiger partial charge < -0.3 is 5.32 Å². The molecule has 0 aliphatic carbocycles. The lowest BCUT2D eigenvalue weighted by Gasteiger charge is -2.10. The van der Waals surface area contributed by atoms with Crippen LogP contribution in [-0.2, 0) is 7.05 Å². The van der Waals surface area contributed by atoms with Crippen molar-refractivity contribution in [3.63, 3.8) is 0 Å². The Balaban J connectivity index is 1.74. The van der Waals surface area contributed by atoms with E-state index in [1.807, 2.05) is 0 Å². The van der Waals surface area contributed by atoms with E-state index in [0.29, 0.717) is 38.2 Å². The maximum absolute atomic E-state index is 12.7. The molecular formula is C17H12Cl2N6O. The van der Waals surface area contributed by atoms with Crippen LogP contribution in [-0.4, -0.2) is 30.3 Å². The first kappa shape index (κ1) is 16.6. The predicted molar refractivity (Wildman–Crippen MR) is 99.6 cm³/mol. The number of hydrogen-bond donors (Lipinski definition) is 1. The zero-order valence-corrected chi connectivity index (χ0v) is 15.0. The van der Waals surface area contributed by atoms with Crippen molar-refractivity contribution in [3.05, 3.63) is 64.7 Å². The summed E-state index contributed by atoms with van der Waals surface area (Å²) in [5.41, 5.74) is 2.66. The average Bonchev–Trinajstić information content (AvgIpc) is 3.21. The molecule has 9 heteroatoms. The molecule has 0 saturated carbocycles. The summed E-state index contributed by atoms with van der Waals surface area (Å²) in [5.74, 6) is -0.342. The Hall–Kier alpha value is -2.90. The number of amides is 1. The van der Waals surface area contributed by atoms with Gasteiger partial charge in [-0.05, 0) is 24.3 Å². The van der Waals surface area contributed by atoms with Crippen LogP contribution in [0.2, 0.25) is 10.0 Å². The molecule has 0 radical (unpaired) electrons. The van der Waals surface area contributed by atoms with Gasteiger partial charge in [0.2, 0.25) is 0 Å². The van der Waals surface area contributed by atoms with Gasteiger partial charge in [0.1, 0.15) is 5.56 Å². The van der Waals surface area contributed by atoms with Crippen molar-refractivity contribution < 1.29 is 4.79 Å². The summed E-state index contributed by atoms with van der Waals surface area (Å²) in [5, 5.41) is 12.2. The molecule has 3 aromatic heterocycles. The Morgan fingerprint density at radius 3 is 2.88 bits per heavy atom. The minimum atomic E-state index is -0.342. The van der Waals surface area contributed by atoms with Crippen molar-refractivity contribution in [2.45, 2.75) is 0 Å². The minimum Gasteiger partial charge on any atom is -0.319 e. The third-order valence-corrected chi connectivity index (χ3v) is 4.46.